The summed E-state index contributed by atoms with van der Waals surface area (Å²) in [4.78, 5) is 20.3. The molecule has 2 N–H and O–H groups in total. The van der Waals surface area contributed by atoms with Crippen molar-refractivity contribution < 1.29 is 14.3 Å². The summed E-state index contributed by atoms with van der Waals surface area (Å²) in [5.74, 6) is 0.955. The monoisotopic (exact) mass is 386 g/mol. The molecule has 2 aliphatic rings. The largest absolute Gasteiger partial charge is 0.489 e. The summed E-state index contributed by atoms with van der Waals surface area (Å²) in [6.45, 7) is 3.97. The van der Waals surface area contributed by atoms with Gasteiger partial charge in [-0.3, -0.25) is 9.79 Å². The number of amides is 1. The number of aromatic nitrogens is 1. The van der Waals surface area contributed by atoms with E-state index in [2.05, 4.69) is 15.3 Å². The van der Waals surface area contributed by atoms with Gasteiger partial charge in [0.1, 0.15) is 11.9 Å². The zero-order valence-electron chi connectivity index (χ0n) is 15.1. The molecule has 0 aliphatic carbocycles. The van der Waals surface area contributed by atoms with Crippen LogP contribution >= 0.6 is 11.3 Å². The lowest BCUT2D eigenvalue weighted by molar-refractivity contribution is -0.119. The second-order valence-corrected chi connectivity index (χ2v) is 7.83. The molecule has 4 rings (SSSR count). The number of carbonyl (C=O) groups is 1. The Morgan fingerprint density at radius 2 is 2.41 bits per heavy atom. The number of fused-ring (bicyclic) bond motifs is 1. The summed E-state index contributed by atoms with van der Waals surface area (Å²) in [6.07, 6.45) is 2.64. The molecule has 2 aromatic rings. The van der Waals surface area contributed by atoms with Crippen molar-refractivity contribution in [3.8, 4) is 5.75 Å². The molecule has 2 aliphatic heterocycles. The lowest BCUT2D eigenvalue weighted by Gasteiger charge is -2.21. The maximum atomic E-state index is 11.5. The maximum Gasteiger partial charge on any atom is 0.220 e. The molecule has 1 aromatic heterocycles. The van der Waals surface area contributed by atoms with Crippen LogP contribution in [0, 0.1) is 11.3 Å². The van der Waals surface area contributed by atoms with Crippen LogP contribution in [-0.4, -0.2) is 54.7 Å². The van der Waals surface area contributed by atoms with E-state index in [1.54, 1.807) is 11.7 Å². The van der Waals surface area contributed by atoms with Crippen molar-refractivity contribution in [2.24, 2.45) is 10.9 Å². The number of nitrogens with zero attached hydrogens (tertiary/aromatic N) is 2. The van der Waals surface area contributed by atoms with Crippen molar-refractivity contribution in [3.05, 3.63) is 23.2 Å². The summed E-state index contributed by atoms with van der Waals surface area (Å²) < 4.78 is 12.3. The van der Waals surface area contributed by atoms with E-state index in [1.165, 1.54) is 11.3 Å². The van der Waals surface area contributed by atoms with Crippen molar-refractivity contribution in [2.45, 2.75) is 31.9 Å². The topological polar surface area (TPSA) is 96.7 Å². The number of carbonyl (C=O) groups excluding carboxylic acids is 1. The van der Waals surface area contributed by atoms with Gasteiger partial charge >= 0.3 is 0 Å². The summed E-state index contributed by atoms with van der Waals surface area (Å²) in [5.41, 5.74) is 3.87. The highest BCUT2D eigenvalue weighted by atomic mass is 32.1. The lowest BCUT2D eigenvalue weighted by Crippen LogP contribution is -2.31. The van der Waals surface area contributed by atoms with Gasteiger partial charge in [0.25, 0.3) is 0 Å². The van der Waals surface area contributed by atoms with E-state index in [0.29, 0.717) is 38.3 Å². The fraction of sp³-hybridized carbons (Fsp3) is 0.474. The van der Waals surface area contributed by atoms with Crippen LogP contribution in [0.4, 0.5) is 0 Å². The lowest BCUT2D eigenvalue weighted by atomic mass is 10.0. The van der Waals surface area contributed by atoms with Gasteiger partial charge in [-0.2, -0.15) is 0 Å². The summed E-state index contributed by atoms with van der Waals surface area (Å²) in [6, 6.07) is 4.07. The number of hydrogen-bond acceptors (Lipinski definition) is 7. The number of hydrogen-bond donors (Lipinski definition) is 2. The van der Waals surface area contributed by atoms with E-state index in [4.69, 9.17) is 14.9 Å². The van der Waals surface area contributed by atoms with Crippen LogP contribution in [-0.2, 0) is 9.53 Å². The van der Waals surface area contributed by atoms with Gasteiger partial charge in [-0.1, -0.05) is 0 Å². The van der Waals surface area contributed by atoms with Gasteiger partial charge in [0.15, 0.2) is 0 Å². The Bertz CT molecular complexity index is 890. The van der Waals surface area contributed by atoms with Crippen LogP contribution in [0.1, 0.15) is 25.3 Å². The molecule has 142 valence electrons. The van der Waals surface area contributed by atoms with Crippen molar-refractivity contribution >= 4 is 39.4 Å². The molecule has 0 saturated carbocycles. The van der Waals surface area contributed by atoms with Crippen LogP contribution in [0.3, 0.4) is 0 Å². The summed E-state index contributed by atoms with van der Waals surface area (Å²) in [7, 11) is 0. The van der Waals surface area contributed by atoms with E-state index < -0.39 is 0 Å². The smallest absolute Gasteiger partial charge is 0.220 e. The third-order valence-electron chi connectivity index (χ3n) is 4.96. The Kier molecular flexibility index (Phi) is 5.18. The molecule has 2 atom stereocenters. The highest BCUT2D eigenvalue weighted by molar-refractivity contribution is 7.17. The highest BCUT2D eigenvalue weighted by Gasteiger charge is 2.28. The molecule has 8 heteroatoms. The molecule has 2 unspecified atom stereocenters. The van der Waals surface area contributed by atoms with Crippen molar-refractivity contribution in [1.29, 1.82) is 5.41 Å². The summed E-state index contributed by atoms with van der Waals surface area (Å²) in [5, 5.41) is 11.2. The minimum Gasteiger partial charge on any atom is -0.489 e. The van der Waals surface area contributed by atoms with Crippen LogP contribution in [0.2, 0.25) is 0 Å². The Balaban J connectivity index is 1.51. The molecular weight excluding hydrogens is 364 g/mol. The number of aliphatic imine (C=N–C) groups is 1. The van der Waals surface area contributed by atoms with Crippen LogP contribution < -0.4 is 10.1 Å². The van der Waals surface area contributed by atoms with Gasteiger partial charge in [-0.15, -0.1) is 11.3 Å². The number of ether oxygens (including phenoxy) is 2. The molecule has 7 nitrogen and oxygen atoms in total. The number of benzene rings is 1. The first-order chi connectivity index (χ1) is 13.1. The normalized spacial score (nSPS) is 21.4. The second-order valence-electron chi connectivity index (χ2n) is 6.97. The van der Waals surface area contributed by atoms with Gasteiger partial charge in [-0.05, 0) is 19.1 Å². The predicted molar refractivity (Wildman–Crippen MR) is 105 cm³/mol. The van der Waals surface area contributed by atoms with Gasteiger partial charge in [0, 0.05) is 42.8 Å². The Morgan fingerprint density at radius 1 is 1.56 bits per heavy atom. The first-order valence-corrected chi connectivity index (χ1v) is 9.96. The van der Waals surface area contributed by atoms with Gasteiger partial charge in [-0.25, -0.2) is 4.98 Å². The average Bonchev–Trinajstić information content (AvgIpc) is 3.25. The van der Waals surface area contributed by atoms with Crippen LogP contribution in [0.15, 0.2) is 22.6 Å². The maximum absolute atomic E-state index is 11.5. The Morgan fingerprint density at radius 3 is 3.11 bits per heavy atom. The van der Waals surface area contributed by atoms with Crippen LogP contribution in [0.5, 0.6) is 5.75 Å². The second kappa shape index (κ2) is 7.74. The Hall–Kier alpha value is -2.32. The summed E-state index contributed by atoms with van der Waals surface area (Å²) >= 11 is 1.52. The highest BCUT2D eigenvalue weighted by Crippen LogP contribution is 2.33. The fourth-order valence-electron chi connectivity index (χ4n) is 3.18. The molecule has 1 amide bonds. The molecular formula is C19H22N4O3S. The molecule has 27 heavy (non-hydrogen) atoms. The van der Waals surface area contributed by atoms with E-state index in [9.17, 15) is 4.79 Å². The first-order valence-electron chi connectivity index (χ1n) is 9.08. The number of nitrogens with one attached hydrogen (secondary N) is 2. The molecule has 0 radical (unpaired) electrons. The number of thiazole rings is 1. The van der Waals surface area contributed by atoms with E-state index >= 15 is 0 Å². The number of rotatable bonds is 7. The predicted octanol–water partition coefficient (Wildman–Crippen LogP) is 2.43. The van der Waals surface area contributed by atoms with Crippen molar-refractivity contribution in [3.63, 3.8) is 0 Å². The average molecular weight is 386 g/mol. The van der Waals surface area contributed by atoms with E-state index in [-0.39, 0.29) is 24.0 Å². The first kappa shape index (κ1) is 18.1. The minimum absolute atomic E-state index is 0.0741. The Labute approximate surface area is 161 Å². The molecule has 0 spiro atoms. The fourth-order valence-corrected chi connectivity index (χ4v) is 3.90. The van der Waals surface area contributed by atoms with Gasteiger partial charge in [0.05, 0.1) is 35.0 Å². The van der Waals surface area contributed by atoms with Crippen LogP contribution in [0.25, 0.3) is 10.2 Å². The van der Waals surface area contributed by atoms with E-state index in [0.717, 1.165) is 21.5 Å². The molecule has 2 fully saturated rings. The van der Waals surface area contributed by atoms with Gasteiger partial charge in [0.2, 0.25) is 5.91 Å². The zero-order chi connectivity index (χ0) is 18.8. The molecule has 2 saturated heterocycles. The zero-order valence-corrected chi connectivity index (χ0v) is 15.9. The quantitative estimate of drug-likeness (QED) is 0.714. The molecule has 0 bridgehead atoms. The minimum atomic E-state index is -0.0983. The third-order valence-corrected chi connectivity index (χ3v) is 5.82. The standard InChI is InChI=1S/C19H22N4O3S/c1-11(13-6-18(24)22-7-13)26-17-5-12(4-16-19(17)27-10-23-16)15(20)2-3-21-14-8-25-9-14/h3-5,10-11,13-14,20H,2,6-9H2,1H3,(H,22,24). The molecule has 3 heterocycles. The van der Waals surface area contributed by atoms with Crippen molar-refractivity contribution in [2.75, 3.05) is 19.8 Å². The van der Waals surface area contributed by atoms with Crippen molar-refractivity contribution in [1.82, 2.24) is 10.3 Å². The van der Waals surface area contributed by atoms with Gasteiger partial charge < -0.3 is 20.2 Å². The van der Waals surface area contributed by atoms with E-state index in [1.807, 2.05) is 19.1 Å². The third kappa shape index (κ3) is 4.01. The SMILES string of the molecule is CC(Oc1cc(C(=N)CC=NC2COC2)cc2ncsc12)C1CNC(=O)C1. The molecule has 1 aromatic carbocycles.